The van der Waals surface area contributed by atoms with E-state index in [0.29, 0.717) is 0 Å². The Morgan fingerprint density at radius 2 is 1.72 bits per heavy atom. The Hall–Kier alpha value is -1.14. The van der Waals surface area contributed by atoms with Gasteiger partial charge in [0, 0.05) is 32.2 Å². The third-order valence-corrected chi connectivity index (χ3v) is 3.98. The third kappa shape index (κ3) is 3.20. The minimum atomic E-state index is -0.418. The summed E-state index contributed by atoms with van der Waals surface area (Å²) in [5, 5.41) is 0. The third-order valence-electron chi connectivity index (χ3n) is 3.98. The standard InChI is InChI=1S/C12H22N4O2/c13-14-11(17)9-12(18)16-7-5-15(6-8-16)10-3-1-2-4-10/h10H,1-9,13H2,(H,14,17). The van der Waals surface area contributed by atoms with Crippen molar-refractivity contribution in [2.75, 3.05) is 26.2 Å². The highest BCUT2D eigenvalue weighted by Gasteiger charge is 2.28. The van der Waals surface area contributed by atoms with Crippen LogP contribution in [-0.4, -0.2) is 53.8 Å². The zero-order chi connectivity index (χ0) is 13.0. The molecule has 6 nitrogen and oxygen atoms in total. The van der Waals surface area contributed by atoms with Gasteiger partial charge in [-0.1, -0.05) is 12.8 Å². The number of nitrogens with zero attached hydrogens (tertiary/aromatic N) is 2. The number of amides is 2. The molecule has 0 aromatic heterocycles. The molecule has 0 bridgehead atoms. The lowest BCUT2D eigenvalue weighted by atomic mass is 10.1. The summed E-state index contributed by atoms with van der Waals surface area (Å²) in [6.07, 6.45) is 5.12. The number of hydrazine groups is 1. The molecule has 3 N–H and O–H groups in total. The van der Waals surface area contributed by atoms with Crippen molar-refractivity contribution >= 4 is 11.8 Å². The monoisotopic (exact) mass is 254 g/mol. The van der Waals surface area contributed by atoms with Crippen molar-refractivity contribution in [1.29, 1.82) is 0 Å². The molecular weight excluding hydrogens is 232 g/mol. The van der Waals surface area contributed by atoms with Crippen LogP contribution < -0.4 is 11.3 Å². The van der Waals surface area contributed by atoms with E-state index < -0.39 is 5.91 Å². The molecule has 1 saturated carbocycles. The van der Waals surface area contributed by atoms with Crippen molar-refractivity contribution in [3.8, 4) is 0 Å². The smallest absolute Gasteiger partial charge is 0.243 e. The molecule has 2 aliphatic rings. The van der Waals surface area contributed by atoms with Crippen LogP contribution in [0.4, 0.5) is 0 Å². The fraction of sp³-hybridized carbons (Fsp3) is 0.833. The molecule has 1 heterocycles. The fourth-order valence-electron chi connectivity index (χ4n) is 2.91. The number of hydrogen-bond donors (Lipinski definition) is 2. The van der Waals surface area contributed by atoms with Gasteiger partial charge >= 0.3 is 0 Å². The van der Waals surface area contributed by atoms with Crippen LogP contribution in [0.15, 0.2) is 0 Å². The molecule has 1 aliphatic heterocycles. The highest BCUT2D eigenvalue weighted by atomic mass is 16.2. The number of nitrogens with two attached hydrogens (primary N) is 1. The number of carbonyl (C=O) groups is 2. The lowest BCUT2D eigenvalue weighted by molar-refractivity contribution is -0.137. The Kier molecular flexibility index (Phi) is 4.54. The molecule has 2 rings (SSSR count). The van der Waals surface area contributed by atoms with E-state index >= 15 is 0 Å². The van der Waals surface area contributed by atoms with Crippen LogP contribution in [0.25, 0.3) is 0 Å². The zero-order valence-corrected chi connectivity index (χ0v) is 10.7. The van der Waals surface area contributed by atoms with E-state index in [1.165, 1.54) is 25.7 Å². The first-order chi connectivity index (χ1) is 8.70. The molecule has 0 unspecified atom stereocenters. The van der Waals surface area contributed by atoms with Crippen LogP contribution in [0.1, 0.15) is 32.1 Å². The van der Waals surface area contributed by atoms with Gasteiger partial charge in [0.25, 0.3) is 0 Å². The number of piperazine rings is 1. The summed E-state index contributed by atoms with van der Waals surface area (Å²) in [4.78, 5) is 27.1. The summed E-state index contributed by atoms with van der Waals surface area (Å²) >= 11 is 0. The summed E-state index contributed by atoms with van der Waals surface area (Å²) in [5.41, 5.74) is 1.99. The van der Waals surface area contributed by atoms with Gasteiger partial charge in [-0.2, -0.15) is 0 Å². The number of carbonyl (C=O) groups excluding carboxylic acids is 2. The Morgan fingerprint density at radius 1 is 1.11 bits per heavy atom. The molecule has 0 aromatic rings. The van der Waals surface area contributed by atoms with Crippen LogP contribution >= 0.6 is 0 Å². The van der Waals surface area contributed by atoms with Crippen molar-refractivity contribution in [3.63, 3.8) is 0 Å². The largest absolute Gasteiger partial charge is 0.340 e. The van der Waals surface area contributed by atoms with Crippen molar-refractivity contribution < 1.29 is 9.59 Å². The Labute approximate surface area is 107 Å². The molecule has 0 spiro atoms. The van der Waals surface area contributed by atoms with E-state index in [4.69, 9.17) is 5.84 Å². The van der Waals surface area contributed by atoms with E-state index in [2.05, 4.69) is 4.90 Å². The number of hydrogen-bond acceptors (Lipinski definition) is 4. The van der Waals surface area contributed by atoms with Gasteiger partial charge < -0.3 is 4.90 Å². The lowest BCUT2D eigenvalue weighted by Gasteiger charge is -2.38. The van der Waals surface area contributed by atoms with E-state index in [0.717, 1.165) is 32.2 Å². The quantitative estimate of drug-likeness (QED) is 0.307. The Balaban J connectivity index is 1.75. The SMILES string of the molecule is NNC(=O)CC(=O)N1CCN(C2CCCC2)CC1. The van der Waals surface area contributed by atoms with Gasteiger partial charge in [0.2, 0.25) is 11.8 Å². The van der Waals surface area contributed by atoms with E-state index in [-0.39, 0.29) is 12.3 Å². The molecule has 0 radical (unpaired) electrons. The first kappa shape index (κ1) is 13.3. The number of rotatable bonds is 3. The van der Waals surface area contributed by atoms with Crippen LogP contribution in [0.5, 0.6) is 0 Å². The molecule has 1 aliphatic carbocycles. The molecule has 2 amide bonds. The van der Waals surface area contributed by atoms with E-state index in [1.54, 1.807) is 4.90 Å². The average molecular weight is 254 g/mol. The molecule has 6 heteroatoms. The van der Waals surface area contributed by atoms with Crippen LogP contribution in [0, 0.1) is 0 Å². The molecule has 102 valence electrons. The van der Waals surface area contributed by atoms with Crippen molar-refractivity contribution in [3.05, 3.63) is 0 Å². The second-order valence-corrected chi connectivity index (χ2v) is 5.10. The van der Waals surface area contributed by atoms with Gasteiger partial charge in [0.1, 0.15) is 6.42 Å². The maximum Gasteiger partial charge on any atom is 0.243 e. The van der Waals surface area contributed by atoms with Gasteiger partial charge in [-0.25, -0.2) is 5.84 Å². The van der Waals surface area contributed by atoms with E-state index in [9.17, 15) is 9.59 Å². The van der Waals surface area contributed by atoms with Crippen LogP contribution in [0.2, 0.25) is 0 Å². The second kappa shape index (κ2) is 6.15. The van der Waals surface area contributed by atoms with Crippen molar-refractivity contribution in [2.24, 2.45) is 5.84 Å². The summed E-state index contributed by atoms with van der Waals surface area (Å²) in [7, 11) is 0. The average Bonchev–Trinajstić information content (AvgIpc) is 2.92. The minimum absolute atomic E-state index is 0.121. The maximum absolute atomic E-state index is 11.8. The maximum atomic E-state index is 11.8. The summed E-state index contributed by atoms with van der Waals surface area (Å²) < 4.78 is 0. The molecule has 0 atom stereocenters. The highest BCUT2D eigenvalue weighted by molar-refractivity contribution is 5.96. The van der Waals surface area contributed by atoms with Gasteiger partial charge in [-0.3, -0.25) is 19.9 Å². The minimum Gasteiger partial charge on any atom is -0.340 e. The normalized spacial score (nSPS) is 22.2. The highest BCUT2D eigenvalue weighted by Crippen LogP contribution is 2.24. The Morgan fingerprint density at radius 3 is 2.28 bits per heavy atom. The first-order valence-corrected chi connectivity index (χ1v) is 6.72. The molecular formula is C12H22N4O2. The van der Waals surface area contributed by atoms with Crippen LogP contribution in [-0.2, 0) is 9.59 Å². The van der Waals surface area contributed by atoms with Crippen LogP contribution in [0.3, 0.4) is 0 Å². The molecule has 0 aromatic carbocycles. The summed E-state index contributed by atoms with van der Waals surface area (Å²) in [6, 6.07) is 0.717. The molecule has 2 fully saturated rings. The lowest BCUT2D eigenvalue weighted by Crippen LogP contribution is -2.52. The van der Waals surface area contributed by atoms with Gasteiger partial charge in [-0.05, 0) is 12.8 Å². The predicted molar refractivity (Wildman–Crippen MR) is 67.4 cm³/mol. The van der Waals surface area contributed by atoms with Gasteiger partial charge in [0.15, 0.2) is 0 Å². The Bertz CT molecular complexity index is 307. The summed E-state index contributed by atoms with van der Waals surface area (Å²) in [5.74, 6) is 4.44. The predicted octanol–water partition coefficient (Wildman–Crippen LogP) is -0.547. The van der Waals surface area contributed by atoms with Crippen molar-refractivity contribution in [2.45, 2.75) is 38.1 Å². The topological polar surface area (TPSA) is 78.7 Å². The van der Waals surface area contributed by atoms with Gasteiger partial charge in [0.05, 0.1) is 0 Å². The first-order valence-electron chi connectivity index (χ1n) is 6.72. The number of nitrogens with one attached hydrogen (secondary N) is 1. The zero-order valence-electron chi connectivity index (χ0n) is 10.7. The second-order valence-electron chi connectivity index (χ2n) is 5.10. The molecule has 1 saturated heterocycles. The van der Waals surface area contributed by atoms with Gasteiger partial charge in [-0.15, -0.1) is 0 Å². The summed E-state index contributed by atoms with van der Waals surface area (Å²) in [6.45, 7) is 3.32. The molecule has 18 heavy (non-hydrogen) atoms. The fourth-order valence-corrected chi connectivity index (χ4v) is 2.91. The van der Waals surface area contributed by atoms with E-state index in [1.807, 2.05) is 5.43 Å². The van der Waals surface area contributed by atoms with Crippen molar-refractivity contribution in [1.82, 2.24) is 15.2 Å².